The van der Waals surface area contributed by atoms with Gasteiger partial charge in [-0.05, 0) is 34.0 Å². The zero-order chi connectivity index (χ0) is 13.2. The van der Waals surface area contributed by atoms with Gasteiger partial charge in [-0.15, -0.1) is 0 Å². The van der Waals surface area contributed by atoms with E-state index in [9.17, 15) is 5.11 Å². The molecule has 0 saturated heterocycles. The number of aromatic hydroxyl groups is 1. The van der Waals surface area contributed by atoms with Crippen LogP contribution in [0.15, 0.2) is 66.7 Å². The summed E-state index contributed by atoms with van der Waals surface area (Å²) in [5.74, 6) is 0.631. The largest absolute Gasteiger partial charge is 0.508 e. The van der Waals surface area contributed by atoms with E-state index in [0.29, 0.717) is 11.7 Å². The average Bonchev–Trinajstić information content (AvgIpc) is 2.47. The topological polar surface area (TPSA) is 20.2 Å². The molecule has 1 atom stereocenters. The Morgan fingerprint density at radius 2 is 1.63 bits per heavy atom. The van der Waals surface area contributed by atoms with Gasteiger partial charge in [-0.2, -0.15) is 0 Å². The van der Waals surface area contributed by atoms with Crippen molar-refractivity contribution in [2.75, 3.05) is 0 Å². The molecule has 3 aromatic rings. The van der Waals surface area contributed by atoms with Crippen molar-refractivity contribution in [3.8, 4) is 5.75 Å². The van der Waals surface area contributed by atoms with Crippen LogP contribution in [-0.4, -0.2) is 5.11 Å². The molecule has 1 unspecified atom stereocenters. The molecule has 0 bridgehead atoms. The van der Waals surface area contributed by atoms with Gasteiger partial charge in [-0.3, -0.25) is 0 Å². The molecule has 0 radical (unpaired) electrons. The van der Waals surface area contributed by atoms with E-state index in [1.54, 1.807) is 6.07 Å². The highest BCUT2D eigenvalue weighted by Crippen LogP contribution is 2.31. The quantitative estimate of drug-likeness (QED) is 0.697. The van der Waals surface area contributed by atoms with E-state index in [1.165, 1.54) is 11.1 Å². The zero-order valence-electron chi connectivity index (χ0n) is 10.9. The molecule has 0 aromatic heterocycles. The van der Waals surface area contributed by atoms with Gasteiger partial charge in [0.15, 0.2) is 0 Å². The second-order valence-corrected chi connectivity index (χ2v) is 4.89. The normalized spacial score (nSPS) is 12.5. The highest BCUT2D eigenvalue weighted by atomic mass is 16.3. The van der Waals surface area contributed by atoms with Crippen molar-refractivity contribution in [1.82, 2.24) is 0 Å². The number of rotatable bonds is 2. The molecule has 0 amide bonds. The maximum absolute atomic E-state index is 9.71. The van der Waals surface area contributed by atoms with E-state index < -0.39 is 0 Å². The highest BCUT2D eigenvalue weighted by Gasteiger charge is 2.11. The minimum atomic E-state index is 0.312. The SMILES string of the molecule is CC(c1ccccc1)c1cccc2ccc(O)cc12. The Morgan fingerprint density at radius 3 is 2.42 bits per heavy atom. The predicted molar refractivity (Wildman–Crippen MR) is 79.6 cm³/mol. The van der Waals surface area contributed by atoms with Crippen molar-refractivity contribution in [3.63, 3.8) is 0 Å². The van der Waals surface area contributed by atoms with Gasteiger partial charge in [0.05, 0.1) is 0 Å². The number of phenolic OH excluding ortho intramolecular Hbond substituents is 1. The molecule has 1 heteroatoms. The molecule has 19 heavy (non-hydrogen) atoms. The van der Waals surface area contributed by atoms with Gasteiger partial charge in [0.1, 0.15) is 5.75 Å². The van der Waals surface area contributed by atoms with Crippen LogP contribution in [0.2, 0.25) is 0 Å². The summed E-state index contributed by atoms with van der Waals surface area (Å²) in [6.07, 6.45) is 0. The van der Waals surface area contributed by atoms with Crippen LogP contribution in [0.25, 0.3) is 10.8 Å². The predicted octanol–water partition coefficient (Wildman–Crippen LogP) is 4.70. The van der Waals surface area contributed by atoms with Gasteiger partial charge >= 0.3 is 0 Å². The fraction of sp³-hybridized carbons (Fsp3) is 0.111. The second kappa shape index (κ2) is 4.77. The van der Waals surface area contributed by atoms with Gasteiger partial charge in [-0.25, -0.2) is 0 Å². The summed E-state index contributed by atoms with van der Waals surface area (Å²) in [5, 5.41) is 12.0. The molecule has 3 rings (SSSR count). The fourth-order valence-corrected chi connectivity index (χ4v) is 2.58. The van der Waals surface area contributed by atoms with Crippen molar-refractivity contribution >= 4 is 10.8 Å². The minimum Gasteiger partial charge on any atom is -0.508 e. The van der Waals surface area contributed by atoms with E-state index in [2.05, 4.69) is 49.4 Å². The Balaban J connectivity index is 2.17. The maximum atomic E-state index is 9.71. The van der Waals surface area contributed by atoms with E-state index >= 15 is 0 Å². The summed E-state index contributed by atoms with van der Waals surface area (Å²) >= 11 is 0. The average molecular weight is 248 g/mol. The van der Waals surface area contributed by atoms with Crippen molar-refractivity contribution in [3.05, 3.63) is 77.9 Å². The second-order valence-electron chi connectivity index (χ2n) is 4.89. The summed E-state index contributed by atoms with van der Waals surface area (Å²) in [6, 6.07) is 22.3. The Bertz CT molecular complexity index is 701. The first-order valence-corrected chi connectivity index (χ1v) is 6.52. The zero-order valence-corrected chi connectivity index (χ0v) is 10.9. The van der Waals surface area contributed by atoms with Crippen LogP contribution in [-0.2, 0) is 0 Å². The van der Waals surface area contributed by atoms with Gasteiger partial charge < -0.3 is 5.11 Å². The van der Waals surface area contributed by atoms with Crippen molar-refractivity contribution in [2.24, 2.45) is 0 Å². The smallest absolute Gasteiger partial charge is 0.116 e. The molecule has 0 heterocycles. The summed E-state index contributed by atoms with van der Waals surface area (Å²) < 4.78 is 0. The van der Waals surface area contributed by atoms with E-state index in [-0.39, 0.29) is 0 Å². The molecule has 1 N–H and O–H groups in total. The third-order valence-corrected chi connectivity index (χ3v) is 3.67. The molecule has 0 saturated carbocycles. The molecule has 0 aliphatic carbocycles. The number of benzene rings is 3. The van der Waals surface area contributed by atoms with E-state index in [1.807, 2.05) is 18.2 Å². The number of phenols is 1. The number of hydrogen-bond donors (Lipinski definition) is 1. The summed E-state index contributed by atoms with van der Waals surface area (Å²) in [5.41, 5.74) is 2.54. The molecule has 0 aliphatic heterocycles. The lowest BCUT2D eigenvalue weighted by Crippen LogP contribution is -1.96. The third-order valence-electron chi connectivity index (χ3n) is 3.67. The molecular weight excluding hydrogens is 232 g/mol. The molecule has 0 aliphatic rings. The molecule has 3 aromatic carbocycles. The van der Waals surface area contributed by atoms with Crippen LogP contribution in [0.3, 0.4) is 0 Å². The Morgan fingerprint density at radius 1 is 0.842 bits per heavy atom. The maximum Gasteiger partial charge on any atom is 0.116 e. The summed E-state index contributed by atoms with van der Waals surface area (Å²) in [4.78, 5) is 0. The van der Waals surface area contributed by atoms with Gasteiger partial charge in [-0.1, -0.05) is 61.5 Å². The van der Waals surface area contributed by atoms with Crippen LogP contribution < -0.4 is 0 Å². The lowest BCUT2D eigenvalue weighted by molar-refractivity contribution is 0.476. The first-order valence-electron chi connectivity index (χ1n) is 6.52. The van der Waals surface area contributed by atoms with Crippen molar-refractivity contribution < 1.29 is 5.11 Å². The van der Waals surface area contributed by atoms with Crippen LogP contribution >= 0.6 is 0 Å². The first kappa shape index (κ1) is 11.8. The van der Waals surface area contributed by atoms with Crippen LogP contribution in [0, 0.1) is 0 Å². The van der Waals surface area contributed by atoms with E-state index in [0.717, 1.165) is 10.8 Å². The van der Waals surface area contributed by atoms with Crippen molar-refractivity contribution in [2.45, 2.75) is 12.8 Å². The Labute approximate surface area is 113 Å². The molecule has 0 fully saturated rings. The van der Waals surface area contributed by atoms with Gasteiger partial charge in [0.2, 0.25) is 0 Å². The van der Waals surface area contributed by atoms with Crippen LogP contribution in [0.4, 0.5) is 0 Å². The first-order chi connectivity index (χ1) is 9.25. The molecule has 0 spiro atoms. The number of fused-ring (bicyclic) bond motifs is 1. The standard InChI is InChI=1S/C18H16O/c1-13(14-6-3-2-4-7-14)17-9-5-8-15-10-11-16(19)12-18(15)17/h2-13,19H,1H3. The van der Waals surface area contributed by atoms with Gasteiger partial charge in [0.25, 0.3) is 0 Å². The van der Waals surface area contributed by atoms with Crippen LogP contribution in [0.1, 0.15) is 24.0 Å². The minimum absolute atomic E-state index is 0.312. The highest BCUT2D eigenvalue weighted by molar-refractivity contribution is 5.87. The molecule has 1 nitrogen and oxygen atoms in total. The third kappa shape index (κ3) is 2.19. The summed E-state index contributed by atoms with van der Waals surface area (Å²) in [6.45, 7) is 2.20. The van der Waals surface area contributed by atoms with Gasteiger partial charge in [0, 0.05) is 5.92 Å². The van der Waals surface area contributed by atoms with E-state index in [4.69, 9.17) is 0 Å². The number of hydrogen-bond acceptors (Lipinski definition) is 1. The van der Waals surface area contributed by atoms with Crippen molar-refractivity contribution in [1.29, 1.82) is 0 Å². The lowest BCUT2D eigenvalue weighted by Gasteiger charge is -2.15. The Kier molecular flexibility index (Phi) is 2.96. The Hall–Kier alpha value is -2.28. The molecular formula is C18H16O. The fourth-order valence-electron chi connectivity index (χ4n) is 2.58. The summed E-state index contributed by atoms with van der Waals surface area (Å²) in [7, 11) is 0. The monoisotopic (exact) mass is 248 g/mol. The molecule has 94 valence electrons. The lowest BCUT2D eigenvalue weighted by atomic mass is 9.89. The van der Waals surface area contributed by atoms with Crippen LogP contribution in [0.5, 0.6) is 5.75 Å².